The highest BCUT2D eigenvalue weighted by atomic mass is 32.2. The average molecular weight is 283 g/mol. The summed E-state index contributed by atoms with van der Waals surface area (Å²) in [5, 5.41) is 3.66. The number of halogens is 1. The minimum absolute atomic E-state index is 0.118. The summed E-state index contributed by atoms with van der Waals surface area (Å²) in [6.45, 7) is 7.73. The summed E-state index contributed by atoms with van der Waals surface area (Å²) >= 11 is 1.60. The van der Waals surface area contributed by atoms with Crippen molar-refractivity contribution in [3.63, 3.8) is 0 Å². The van der Waals surface area contributed by atoms with E-state index in [1.165, 1.54) is 0 Å². The fourth-order valence-corrected chi connectivity index (χ4v) is 3.23. The Kier molecular flexibility index (Phi) is 5.25. The van der Waals surface area contributed by atoms with Crippen LogP contribution in [-0.2, 0) is 11.3 Å². The number of hydrogen-bond acceptors (Lipinski definition) is 3. The molecular formula is C15H22FNOS. The van der Waals surface area contributed by atoms with Crippen molar-refractivity contribution in [2.75, 3.05) is 6.61 Å². The van der Waals surface area contributed by atoms with Crippen molar-refractivity contribution in [3.8, 4) is 0 Å². The SMILES string of the molecule is CC(C)NCc1ccc(SC2CCOC2C)c(F)c1. The summed E-state index contributed by atoms with van der Waals surface area (Å²) in [4.78, 5) is 0.732. The summed E-state index contributed by atoms with van der Waals surface area (Å²) < 4.78 is 19.6. The van der Waals surface area contributed by atoms with E-state index < -0.39 is 0 Å². The Hall–Kier alpha value is -0.580. The van der Waals surface area contributed by atoms with Crippen LogP contribution in [0.1, 0.15) is 32.8 Å². The molecule has 1 heterocycles. The van der Waals surface area contributed by atoms with Crippen molar-refractivity contribution >= 4 is 11.8 Å². The van der Waals surface area contributed by atoms with Crippen LogP contribution in [-0.4, -0.2) is 24.0 Å². The third-order valence-electron chi connectivity index (χ3n) is 3.30. The molecule has 0 amide bonds. The lowest BCUT2D eigenvalue weighted by molar-refractivity contribution is 0.127. The molecule has 106 valence electrons. The molecule has 4 heteroatoms. The summed E-state index contributed by atoms with van der Waals surface area (Å²) in [5.74, 6) is -0.118. The van der Waals surface area contributed by atoms with E-state index in [0.29, 0.717) is 17.8 Å². The molecule has 0 spiro atoms. The molecule has 0 bridgehead atoms. The lowest BCUT2D eigenvalue weighted by atomic mass is 10.2. The third kappa shape index (κ3) is 4.20. The molecule has 0 aromatic heterocycles. The van der Waals surface area contributed by atoms with Gasteiger partial charge in [0.15, 0.2) is 0 Å². The normalized spacial score (nSPS) is 23.2. The predicted octanol–water partition coefficient (Wildman–Crippen LogP) is 3.59. The van der Waals surface area contributed by atoms with Gasteiger partial charge in [-0.3, -0.25) is 0 Å². The molecule has 19 heavy (non-hydrogen) atoms. The molecular weight excluding hydrogens is 261 g/mol. The number of ether oxygens (including phenoxy) is 1. The molecule has 1 aromatic rings. The molecule has 2 nitrogen and oxygen atoms in total. The fraction of sp³-hybridized carbons (Fsp3) is 0.600. The van der Waals surface area contributed by atoms with Crippen LogP contribution >= 0.6 is 11.8 Å². The minimum atomic E-state index is -0.118. The van der Waals surface area contributed by atoms with E-state index >= 15 is 0 Å². The van der Waals surface area contributed by atoms with E-state index in [-0.39, 0.29) is 11.9 Å². The highest BCUT2D eigenvalue weighted by Crippen LogP contribution is 2.34. The van der Waals surface area contributed by atoms with Gasteiger partial charge < -0.3 is 10.1 Å². The van der Waals surface area contributed by atoms with Crippen molar-refractivity contribution < 1.29 is 9.13 Å². The topological polar surface area (TPSA) is 21.3 Å². The second kappa shape index (κ2) is 6.73. The van der Waals surface area contributed by atoms with Crippen LogP contribution < -0.4 is 5.32 Å². The molecule has 2 atom stereocenters. The summed E-state index contributed by atoms with van der Waals surface area (Å²) in [5.41, 5.74) is 0.992. The molecule has 1 aliphatic rings. The second-order valence-electron chi connectivity index (χ2n) is 5.32. The Morgan fingerprint density at radius 3 is 2.84 bits per heavy atom. The molecule has 0 saturated carbocycles. The van der Waals surface area contributed by atoms with Gasteiger partial charge in [-0.25, -0.2) is 4.39 Å². The van der Waals surface area contributed by atoms with Crippen LogP contribution in [0.2, 0.25) is 0 Å². The summed E-state index contributed by atoms with van der Waals surface area (Å²) in [7, 11) is 0. The van der Waals surface area contributed by atoms with Crippen molar-refractivity contribution in [3.05, 3.63) is 29.6 Å². The first-order valence-electron chi connectivity index (χ1n) is 6.86. The molecule has 1 saturated heterocycles. The average Bonchev–Trinajstić information content (AvgIpc) is 2.75. The third-order valence-corrected chi connectivity index (χ3v) is 4.80. The standard InChI is InChI=1S/C15H22FNOS/c1-10(2)17-9-12-4-5-15(13(16)8-12)19-14-6-7-18-11(14)3/h4-5,8,10-11,14,17H,6-7,9H2,1-3H3. The number of nitrogens with one attached hydrogen (secondary N) is 1. The molecule has 2 rings (SSSR count). The van der Waals surface area contributed by atoms with Crippen molar-refractivity contribution in [1.82, 2.24) is 5.32 Å². The smallest absolute Gasteiger partial charge is 0.137 e. The first kappa shape index (κ1) is 14.8. The van der Waals surface area contributed by atoms with Crippen LogP contribution in [0, 0.1) is 5.82 Å². The Morgan fingerprint density at radius 2 is 2.26 bits per heavy atom. The molecule has 0 radical (unpaired) electrons. The fourth-order valence-electron chi connectivity index (χ4n) is 2.10. The van der Waals surface area contributed by atoms with Crippen LogP contribution in [0.15, 0.2) is 23.1 Å². The molecule has 0 aliphatic carbocycles. The largest absolute Gasteiger partial charge is 0.377 e. The van der Waals surface area contributed by atoms with Gasteiger partial charge in [-0.05, 0) is 31.0 Å². The van der Waals surface area contributed by atoms with Gasteiger partial charge in [0.1, 0.15) is 5.82 Å². The number of rotatable bonds is 5. The quantitative estimate of drug-likeness (QED) is 0.892. The van der Waals surface area contributed by atoms with Crippen molar-refractivity contribution in [2.45, 2.75) is 56.0 Å². The van der Waals surface area contributed by atoms with Gasteiger partial charge >= 0.3 is 0 Å². The van der Waals surface area contributed by atoms with E-state index in [4.69, 9.17) is 4.74 Å². The van der Waals surface area contributed by atoms with E-state index in [0.717, 1.165) is 23.5 Å². The highest BCUT2D eigenvalue weighted by Gasteiger charge is 2.26. The van der Waals surface area contributed by atoms with E-state index in [9.17, 15) is 4.39 Å². The highest BCUT2D eigenvalue weighted by molar-refractivity contribution is 8.00. The maximum absolute atomic E-state index is 14.1. The Labute approximate surface area is 119 Å². The lowest BCUT2D eigenvalue weighted by Crippen LogP contribution is -2.21. The second-order valence-corrected chi connectivity index (χ2v) is 6.60. The zero-order valence-corrected chi connectivity index (χ0v) is 12.6. The van der Waals surface area contributed by atoms with Crippen LogP contribution in [0.3, 0.4) is 0 Å². The minimum Gasteiger partial charge on any atom is -0.377 e. The van der Waals surface area contributed by atoms with Gasteiger partial charge in [-0.2, -0.15) is 0 Å². The van der Waals surface area contributed by atoms with E-state index in [1.54, 1.807) is 17.8 Å². The zero-order valence-electron chi connectivity index (χ0n) is 11.8. The Bertz CT molecular complexity index is 425. The summed E-state index contributed by atoms with van der Waals surface area (Å²) in [6, 6.07) is 5.94. The number of benzene rings is 1. The van der Waals surface area contributed by atoms with Gasteiger partial charge in [-0.15, -0.1) is 11.8 Å². The van der Waals surface area contributed by atoms with E-state index in [2.05, 4.69) is 26.1 Å². The number of thioether (sulfide) groups is 1. The zero-order chi connectivity index (χ0) is 13.8. The van der Waals surface area contributed by atoms with Crippen LogP contribution in [0.4, 0.5) is 4.39 Å². The van der Waals surface area contributed by atoms with Gasteiger partial charge in [0.25, 0.3) is 0 Å². The first-order chi connectivity index (χ1) is 9.06. The molecule has 1 N–H and O–H groups in total. The first-order valence-corrected chi connectivity index (χ1v) is 7.74. The number of hydrogen-bond donors (Lipinski definition) is 1. The monoisotopic (exact) mass is 283 g/mol. The Balaban J connectivity index is 1.98. The lowest BCUT2D eigenvalue weighted by Gasteiger charge is -2.15. The molecule has 1 fully saturated rings. The van der Waals surface area contributed by atoms with Crippen LogP contribution in [0.5, 0.6) is 0 Å². The van der Waals surface area contributed by atoms with Crippen molar-refractivity contribution in [1.29, 1.82) is 0 Å². The summed E-state index contributed by atoms with van der Waals surface area (Å²) in [6.07, 6.45) is 1.22. The molecule has 2 unspecified atom stereocenters. The van der Waals surface area contributed by atoms with Gasteiger partial charge in [-0.1, -0.05) is 19.9 Å². The predicted molar refractivity (Wildman–Crippen MR) is 78.1 cm³/mol. The van der Waals surface area contributed by atoms with Gasteiger partial charge in [0, 0.05) is 29.3 Å². The molecule has 1 aliphatic heterocycles. The molecule has 1 aromatic carbocycles. The van der Waals surface area contributed by atoms with Crippen molar-refractivity contribution in [2.24, 2.45) is 0 Å². The van der Waals surface area contributed by atoms with Gasteiger partial charge in [0.05, 0.1) is 6.10 Å². The Morgan fingerprint density at radius 1 is 1.47 bits per heavy atom. The van der Waals surface area contributed by atoms with E-state index in [1.807, 2.05) is 12.1 Å². The van der Waals surface area contributed by atoms with Gasteiger partial charge in [0.2, 0.25) is 0 Å². The maximum Gasteiger partial charge on any atom is 0.137 e. The van der Waals surface area contributed by atoms with Crippen LogP contribution in [0.25, 0.3) is 0 Å². The maximum atomic E-state index is 14.1.